The van der Waals surface area contributed by atoms with Crippen molar-refractivity contribution in [2.45, 2.75) is 37.6 Å². The summed E-state index contributed by atoms with van der Waals surface area (Å²) in [6, 6.07) is 1.89. The third-order valence-corrected chi connectivity index (χ3v) is 6.08. The summed E-state index contributed by atoms with van der Waals surface area (Å²) in [7, 11) is -3.21. The maximum atomic E-state index is 12.7. The van der Waals surface area contributed by atoms with Crippen molar-refractivity contribution in [3.05, 3.63) is 17.5 Å². The summed E-state index contributed by atoms with van der Waals surface area (Å²) in [4.78, 5) is 23.1. The van der Waals surface area contributed by atoms with Crippen LogP contribution in [0.15, 0.2) is 11.2 Å². The van der Waals surface area contributed by atoms with E-state index in [9.17, 15) is 13.2 Å². The van der Waals surface area contributed by atoms with Gasteiger partial charge in [0.1, 0.15) is 0 Å². The fourth-order valence-corrected chi connectivity index (χ4v) is 4.49. The Hall–Kier alpha value is -1.19. The van der Waals surface area contributed by atoms with E-state index in [1.54, 1.807) is 4.90 Å². The van der Waals surface area contributed by atoms with Crippen LogP contribution in [0.3, 0.4) is 0 Å². The van der Waals surface area contributed by atoms with Crippen LogP contribution in [0.5, 0.6) is 0 Å². The molecule has 2 heterocycles. The van der Waals surface area contributed by atoms with Gasteiger partial charge < -0.3 is 4.90 Å². The number of aromatic nitrogens is 2. The first-order valence-corrected chi connectivity index (χ1v) is 10.6. The molecule has 1 aromatic rings. The van der Waals surface area contributed by atoms with Crippen LogP contribution in [0.25, 0.3) is 0 Å². The van der Waals surface area contributed by atoms with Crippen molar-refractivity contribution in [2.24, 2.45) is 0 Å². The number of sulfonamides is 1. The molecule has 7 nitrogen and oxygen atoms in total. The van der Waals surface area contributed by atoms with Gasteiger partial charge >= 0.3 is 0 Å². The molecule has 0 aliphatic carbocycles. The number of carbonyl (C=O) groups excluding carboxylic acids is 1. The predicted molar refractivity (Wildman–Crippen MR) is 94.4 cm³/mol. The van der Waals surface area contributed by atoms with E-state index >= 15 is 0 Å². The topological polar surface area (TPSA) is 83.5 Å². The highest BCUT2D eigenvalue weighted by Crippen LogP contribution is 2.22. The molecule has 0 radical (unpaired) electrons. The van der Waals surface area contributed by atoms with Gasteiger partial charge in [0.2, 0.25) is 15.9 Å². The summed E-state index contributed by atoms with van der Waals surface area (Å²) >= 11 is 1.34. The van der Waals surface area contributed by atoms with Gasteiger partial charge in [0, 0.05) is 37.6 Å². The van der Waals surface area contributed by atoms with Crippen molar-refractivity contribution in [1.82, 2.24) is 19.2 Å². The van der Waals surface area contributed by atoms with E-state index in [0.717, 1.165) is 11.4 Å². The maximum Gasteiger partial charge on any atom is 0.235 e. The molecular weight excluding hydrogens is 348 g/mol. The van der Waals surface area contributed by atoms with E-state index < -0.39 is 10.0 Å². The number of nitrogens with zero attached hydrogens (tertiary/aromatic N) is 4. The molecule has 0 saturated carbocycles. The molecule has 1 aliphatic rings. The molecule has 2 rings (SSSR count). The number of aryl methyl sites for hydroxylation is 2. The van der Waals surface area contributed by atoms with Crippen LogP contribution in [0.2, 0.25) is 0 Å². The van der Waals surface area contributed by atoms with Gasteiger partial charge in [-0.3, -0.25) is 4.79 Å². The Balaban J connectivity index is 2.00. The van der Waals surface area contributed by atoms with Gasteiger partial charge in [-0.15, -0.1) is 0 Å². The van der Waals surface area contributed by atoms with Crippen molar-refractivity contribution in [3.63, 3.8) is 0 Å². The molecule has 0 spiro atoms. The van der Waals surface area contributed by atoms with Crippen LogP contribution in [-0.2, 0) is 14.8 Å². The Morgan fingerprint density at radius 3 is 2.38 bits per heavy atom. The van der Waals surface area contributed by atoms with Gasteiger partial charge in [0.05, 0.1) is 11.5 Å². The molecule has 9 heteroatoms. The fraction of sp³-hybridized carbons (Fsp3) is 0.667. The van der Waals surface area contributed by atoms with Gasteiger partial charge in [0.25, 0.3) is 0 Å². The second-order valence-corrected chi connectivity index (χ2v) is 9.32. The van der Waals surface area contributed by atoms with E-state index in [0.29, 0.717) is 37.8 Å². The number of carbonyl (C=O) groups is 1. The zero-order chi connectivity index (χ0) is 17.9. The summed E-state index contributed by atoms with van der Waals surface area (Å²) in [5, 5.41) is 0.289. The minimum Gasteiger partial charge on any atom is -0.340 e. The van der Waals surface area contributed by atoms with Crippen molar-refractivity contribution in [2.75, 3.05) is 32.4 Å². The zero-order valence-electron chi connectivity index (χ0n) is 14.5. The number of hydrogen-bond donors (Lipinski definition) is 0. The van der Waals surface area contributed by atoms with Gasteiger partial charge in [-0.05, 0) is 33.3 Å². The molecule has 24 heavy (non-hydrogen) atoms. The van der Waals surface area contributed by atoms with Crippen LogP contribution in [0, 0.1) is 13.8 Å². The molecule has 0 N–H and O–H groups in total. The molecular formula is C15H24N4O3S2. The van der Waals surface area contributed by atoms with Crippen molar-refractivity contribution in [3.8, 4) is 0 Å². The highest BCUT2D eigenvalue weighted by Gasteiger charge is 2.27. The lowest BCUT2D eigenvalue weighted by Crippen LogP contribution is -2.40. The Kier molecular flexibility index (Phi) is 6.22. The van der Waals surface area contributed by atoms with Gasteiger partial charge in [-0.25, -0.2) is 22.7 Å². The van der Waals surface area contributed by atoms with Crippen LogP contribution in [0.1, 0.15) is 24.7 Å². The molecule has 134 valence electrons. The van der Waals surface area contributed by atoms with Gasteiger partial charge in [-0.1, -0.05) is 11.8 Å². The molecule has 0 unspecified atom stereocenters. The number of hydrogen-bond acceptors (Lipinski definition) is 6. The summed E-state index contributed by atoms with van der Waals surface area (Å²) in [6.07, 6.45) is 1.86. The lowest BCUT2D eigenvalue weighted by molar-refractivity contribution is -0.130. The predicted octanol–water partition coefficient (Wildman–Crippen LogP) is 1.07. The minimum absolute atomic E-state index is 0.00175. The molecule has 1 atom stereocenters. The minimum atomic E-state index is -3.21. The summed E-state index contributed by atoms with van der Waals surface area (Å²) < 4.78 is 24.7. The van der Waals surface area contributed by atoms with Crippen LogP contribution in [0.4, 0.5) is 0 Å². The van der Waals surface area contributed by atoms with E-state index in [4.69, 9.17) is 0 Å². The van der Waals surface area contributed by atoms with E-state index in [2.05, 4.69) is 9.97 Å². The lowest BCUT2D eigenvalue weighted by atomic mass is 10.3. The molecule has 1 aliphatic heterocycles. The normalized spacial score (nSPS) is 18.2. The van der Waals surface area contributed by atoms with Crippen molar-refractivity contribution < 1.29 is 13.2 Å². The number of thioether (sulfide) groups is 1. The smallest absolute Gasteiger partial charge is 0.235 e. The summed E-state index contributed by atoms with van der Waals surface area (Å²) in [6.45, 7) is 7.45. The summed E-state index contributed by atoms with van der Waals surface area (Å²) in [5.74, 6) is -0.00175. The van der Waals surface area contributed by atoms with E-state index in [1.807, 2.05) is 26.8 Å². The average Bonchev–Trinajstić information content (AvgIpc) is 2.70. The Morgan fingerprint density at radius 1 is 1.17 bits per heavy atom. The monoisotopic (exact) mass is 372 g/mol. The highest BCUT2D eigenvalue weighted by molar-refractivity contribution is 8.00. The first-order valence-electron chi connectivity index (χ1n) is 7.89. The van der Waals surface area contributed by atoms with E-state index in [-0.39, 0.29) is 11.2 Å². The Labute approximate surface area is 147 Å². The third-order valence-electron chi connectivity index (χ3n) is 3.83. The molecule has 1 saturated heterocycles. The third kappa shape index (κ3) is 5.15. The first kappa shape index (κ1) is 19.1. The molecule has 0 bridgehead atoms. The fourth-order valence-electron chi connectivity index (χ4n) is 2.66. The van der Waals surface area contributed by atoms with Gasteiger partial charge in [-0.2, -0.15) is 0 Å². The standard InChI is InChI=1S/C15H24N4O3S2/c1-11-10-12(2)17-15(16-11)23-13(3)14(20)18-6-5-7-19(9-8-18)24(4,21)22/h10,13H,5-9H2,1-4H3/t13-/m0/s1. The number of amides is 1. The first-order chi connectivity index (χ1) is 11.2. The second-order valence-electron chi connectivity index (χ2n) is 6.03. The SMILES string of the molecule is Cc1cc(C)nc(S[C@@H](C)C(=O)N2CCCN(S(C)(=O)=O)CC2)n1. The summed E-state index contributed by atoms with van der Waals surface area (Å²) in [5.41, 5.74) is 1.76. The Bertz CT molecular complexity index is 688. The lowest BCUT2D eigenvalue weighted by Gasteiger charge is -2.23. The van der Waals surface area contributed by atoms with Gasteiger partial charge in [0.15, 0.2) is 5.16 Å². The van der Waals surface area contributed by atoms with Crippen LogP contribution in [-0.4, -0.2) is 71.2 Å². The average molecular weight is 373 g/mol. The molecule has 0 aromatic carbocycles. The molecule has 1 aromatic heterocycles. The van der Waals surface area contributed by atoms with Crippen molar-refractivity contribution >= 4 is 27.7 Å². The van der Waals surface area contributed by atoms with E-state index in [1.165, 1.54) is 22.3 Å². The van der Waals surface area contributed by atoms with Crippen LogP contribution < -0.4 is 0 Å². The second kappa shape index (κ2) is 7.79. The highest BCUT2D eigenvalue weighted by atomic mass is 32.2. The quantitative estimate of drug-likeness (QED) is 0.581. The van der Waals surface area contributed by atoms with Crippen molar-refractivity contribution in [1.29, 1.82) is 0 Å². The Morgan fingerprint density at radius 2 is 1.79 bits per heavy atom. The zero-order valence-corrected chi connectivity index (χ0v) is 16.2. The maximum absolute atomic E-state index is 12.7. The molecule has 1 fully saturated rings. The number of rotatable bonds is 4. The molecule has 1 amide bonds. The van der Waals surface area contributed by atoms with Crippen LogP contribution >= 0.6 is 11.8 Å². The largest absolute Gasteiger partial charge is 0.340 e.